The van der Waals surface area contributed by atoms with E-state index in [2.05, 4.69) is 15.0 Å². The Morgan fingerprint density at radius 3 is 2.93 bits per heavy atom. The summed E-state index contributed by atoms with van der Waals surface area (Å²) in [5.41, 5.74) is 6.26. The van der Waals surface area contributed by atoms with Gasteiger partial charge in [-0.2, -0.15) is 0 Å². The lowest BCUT2D eigenvalue weighted by Gasteiger charge is -2.04. The first-order valence-corrected chi connectivity index (χ1v) is 4.32. The van der Waals surface area contributed by atoms with Crippen molar-refractivity contribution in [2.24, 2.45) is 5.73 Å². The van der Waals surface area contributed by atoms with Crippen molar-refractivity contribution in [1.82, 2.24) is 19.5 Å². The van der Waals surface area contributed by atoms with Gasteiger partial charge in [-0.3, -0.25) is 9.55 Å². The number of hydrogen-bond donors (Lipinski definition) is 1. The molecule has 0 saturated carbocycles. The van der Waals surface area contributed by atoms with E-state index in [0.29, 0.717) is 6.54 Å². The third kappa shape index (κ3) is 1.49. The number of hydrogen-bond acceptors (Lipinski definition) is 4. The van der Waals surface area contributed by atoms with Crippen LogP contribution in [0.5, 0.6) is 0 Å². The van der Waals surface area contributed by atoms with Crippen LogP contribution in [0.4, 0.5) is 0 Å². The Bertz CT molecular complexity index is 434. The summed E-state index contributed by atoms with van der Waals surface area (Å²) in [7, 11) is 0. The third-order valence-electron chi connectivity index (χ3n) is 1.95. The van der Waals surface area contributed by atoms with Gasteiger partial charge in [0.2, 0.25) is 0 Å². The second-order valence-corrected chi connectivity index (χ2v) is 2.92. The molecule has 0 atom stereocenters. The van der Waals surface area contributed by atoms with E-state index in [0.717, 1.165) is 17.3 Å². The average molecular weight is 189 g/mol. The zero-order valence-electron chi connectivity index (χ0n) is 7.88. The highest BCUT2D eigenvalue weighted by Gasteiger charge is 2.02. The fraction of sp³-hybridized carbons (Fsp3) is 0.222. The summed E-state index contributed by atoms with van der Waals surface area (Å²) in [6.45, 7) is 2.31. The standard InChI is InChI=1S/C9H11N5/c1-7-12-2-3-14(7)9-6-11-5-8(4-10)13-9/h2-3,5-6H,4,10H2,1H3. The molecule has 0 unspecified atom stereocenters. The van der Waals surface area contributed by atoms with Gasteiger partial charge >= 0.3 is 0 Å². The molecule has 0 spiro atoms. The van der Waals surface area contributed by atoms with Gasteiger partial charge in [0.1, 0.15) is 5.82 Å². The number of aryl methyl sites for hydroxylation is 1. The molecule has 5 nitrogen and oxygen atoms in total. The molecule has 0 aliphatic carbocycles. The third-order valence-corrected chi connectivity index (χ3v) is 1.95. The molecule has 2 heterocycles. The molecule has 0 saturated heterocycles. The van der Waals surface area contributed by atoms with Crippen LogP contribution in [0.2, 0.25) is 0 Å². The van der Waals surface area contributed by atoms with Gasteiger partial charge in [0, 0.05) is 25.1 Å². The van der Waals surface area contributed by atoms with Crippen LogP contribution in [-0.4, -0.2) is 19.5 Å². The van der Waals surface area contributed by atoms with Gasteiger partial charge in [-0.05, 0) is 6.92 Å². The fourth-order valence-corrected chi connectivity index (χ4v) is 1.23. The molecular weight excluding hydrogens is 178 g/mol. The van der Waals surface area contributed by atoms with Gasteiger partial charge in [-0.25, -0.2) is 9.97 Å². The average Bonchev–Trinajstić information content (AvgIpc) is 2.65. The maximum Gasteiger partial charge on any atom is 0.156 e. The molecule has 2 aromatic rings. The van der Waals surface area contributed by atoms with Crippen molar-refractivity contribution in [1.29, 1.82) is 0 Å². The second kappa shape index (κ2) is 3.55. The Kier molecular flexibility index (Phi) is 2.24. The van der Waals surface area contributed by atoms with Crippen LogP contribution in [0.3, 0.4) is 0 Å². The molecule has 0 aliphatic heterocycles. The van der Waals surface area contributed by atoms with Crippen LogP contribution < -0.4 is 5.73 Å². The van der Waals surface area contributed by atoms with Crippen LogP contribution in [-0.2, 0) is 6.54 Å². The molecule has 2 rings (SSSR count). The molecule has 72 valence electrons. The van der Waals surface area contributed by atoms with Crippen molar-refractivity contribution in [2.45, 2.75) is 13.5 Å². The summed E-state index contributed by atoms with van der Waals surface area (Å²) in [4.78, 5) is 12.5. The molecular formula is C9H11N5. The summed E-state index contributed by atoms with van der Waals surface area (Å²) < 4.78 is 1.87. The molecule has 0 bridgehead atoms. The minimum atomic E-state index is 0.397. The highest BCUT2D eigenvalue weighted by Crippen LogP contribution is 2.05. The Hall–Kier alpha value is -1.75. The smallest absolute Gasteiger partial charge is 0.156 e. The first-order chi connectivity index (χ1) is 6.81. The summed E-state index contributed by atoms with van der Waals surface area (Å²) in [5.74, 6) is 1.64. The molecule has 2 N–H and O–H groups in total. The van der Waals surface area contributed by atoms with Crippen molar-refractivity contribution in [3.8, 4) is 5.82 Å². The van der Waals surface area contributed by atoms with E-state index in [1.165, 1.54) is 0 Å². The van der Waals surface area contributed by atoms with Crippen LogP contribution in [0.25, 0.3) is 5.82 Å². The monoisotopic (exact) mass is 189 g/mol. The molecule has 5 heteroatoms. The van der Waals surface area contributed by atoms with Crippen LogP contribution in [0, 0.1) is 6.92 Å². The quantitative estimate of drug-likeness (QED) is 0.743. The van der Waals surface area contributed by atoms with Crippen LogP contribution >= 0.6 is 0 Å². The minimum Gasteiger partial charge on any atom is -0.325 e. The van der Waals surface area contributed by atoms with E-state index < -0.39 is 0 Å². The van der Waals surface area contributed by atoms with Gasteiger partial charge in [0.15, 0.2) is 5.82 Å². The van der Waals surface area contributed by atoms with Crippen molar-refractivity contribution in [3.05, 3.63) is 36.3 Å². The van der Waals surface area contributed by atoms with Crippen molar-refractivity contribution in [3.63, 3.8) is 0 Å². The number of nitrogens with zero attached hydrogens (tertiary/aromatic N) is 4. The fourth-order valence-electron chi connectivity index (χ4n) is 1.23. The molecule has 0 aliphatic rings. The molecule has 2 aromatic heterocycles. The maximum atomic E-state index is 5.48. The van der Waals surface area contributed by atoms with E-state index in [4.69, 9.17) is 5.73 Å². The molecule has 0 amide bonds. The SMILES string of the molecule is Cc1nccn1-c1cncc(CN)n1. The highest BCUT2D eigenvalue weighted by atomic mass is 15.1. The molecule has 0 aromatic carbocycles. The van der Waals surface area contributed by atoms with E-state index in [-0.39, 0.29) is 0 Å². The van der Waals surface area contributed by atoms with Crippen LogP contribution in [0.15, 0.2) is 24.8 Å². The first-order valence-electron chi connectivity index (χ1n) is 4.32. The summed E-state index contributed by atoms with van der Waals surface area (Å²) in [6.07, 6.45) is 6.93. The predicted octanol–water partition coefficient (Wildman–Crippen LogP) is 0.429. The molecule has 0 fully saturated rings. The van der Waals surface area contributed by atoms with Gasteiger partial charge in [-0.15, -0.1) is 0 Å². The molecule has 0 radical (unpaired) electrons. The predicted molar refractivity (Wildman–Crippen MR) is 51.8 cm³/mol. The topological polar surface area (TPSA) is 69.6 Å². The Balaban J connectivity index is 2.47. The largest absolute Gasteiger partial charge is 0.325 e. The van der Waals surface area contributed by atoms with Gasteiger partial charge in [0.25, 0.3) is 0 Å². The van der Waals surface area contributed by atoms with Gasteiger partial charge in [-0.1, -0.05) is 0 Å². The van der Waals surface area contributed by atoms with Gasteiger partial charge < -0.3 is 5.73 Å². The lowest BCUT2D eigenvalue weighted by molar-refractivity contribution is 0.875. The zero-order valence-corrected chi connectivity index (χ0v) is 7.88. The summed E-state index contributed by atoms with van der Waals surface area (Å²) >= 11 is 0. The lowest BCUT2D eigenvalue weighted by atomic mass is 10.4. The van der Waals surface area contributed by atoms with Crippen molar-refractivity contribution in [2.75, 3.05) is 0 Å². The van der Waals surface area contributed by atoms with Crippen molar-refractivity contribution >= 4 is 0 Å². The number of imidazole rings is 1. The van der Waals surface area contributed by atoms with E-state index in [9.17, 15) is 0 Å². The Morgan fingerprint density at radius 2 is 2.29 bits per heavy atom. The Morgan fingerprint density at radius 1 is 1.43 bits per heavy atom. The second-order valence-electron chi connectivity index (χ2n) is 2.92. The Labute approximate surface area is 81.6 Å². The number of rotatable bonds is 2. The first kappa shape index (κ1) is 8.83. The summed E-state index contributed by atoms with van der Waals surface area (Å²) in [6, 6.07) is 0. The van der Waals surface area contributed by atoms with E-state index >= 15 is 0 Å². The molecule has 14 heavy (non-hydrogen) atoms. The van der Waals surface area contributed by atoms with E-state index in [1.54, 1.807) is 18.6 Å². The van der Waals surface area contributed by atoms with Crippen LogP contribution in [0.1, 0.15) is 11.5 Å². The maximum absolute atomic E-state index is 5.48. The normalized spacial score (nSPS) is 10.4. The zero-order chi connectivity index (χ0) is 9.97. The summed E-state index contributed by atoms with van der Waals surface area (Å²) in [5, 5.41) is 0. The lowest BCUT2D eigenvalue weighted by Crippen LogP contribution is -2.05. The van der Waals surface area contributed by atoms with Gasteiger partial charge in [0.05, 0.1) is 11.9 Å². The van der Waals surface area contributed by atoms with Crippen molar-refractivity contribution < 1.29 is 0 Å². The highest BCUT2D eigenvalue weighted by molar-refractivity contribution is 5.22. The van der Waals surface area contributed by atoms with E-state index in [1.807, 2.05) is 17.7 Å². The number of nitrogens with two attached hydrogens (primary N) is 1. The minimum absolute atomic E-state index is 0.397. The number of aromatic nitrogens is 4.